The molecule has 1 aromatic rings. The van der Waals surface area contributed by atoms with Crippen molar-refractivity contribution in [2.24, 2.45) is 5.92 Å². The zero-order valence-electron chi connectivity index (χ0n) is 9.36. The smallest absolute Gasteiger partial charge is 0.293 e. The fourth-order valence-electron chi connectivity index (χ4n) is 1.68. The van der Waals surface area contributed by atoms with Gasteiger partial charge in [0.05, 0.1) is 5.92 Å². The Balaban J connectivity index is 2.24. The third-order valence-corrected chi connectivity index (χ3v) is 2.72. The van der Waals surface area contributed by atoms with Crippen LogP contribution >= 0.6 is 0 Å². The lowest BCUT2D eigenvalue weighted by Crippen LogP contribution is -2.53. The van der Waals surface area contributed by atoms with Gasteiger partial charge in [0.15, 0.2) is 0 Å². The number of hydrogen-bond acceptors (Lipinski definition) is 2. The molecule has 1 aliphatic rings. The minimum absolute atomic E-state index is 0.168. The highest BCUT2D eigenvalue weighted by Crippen LogP contribution is 2.19. The predicted octanol–water partition coefficient (Wildman–Crippen LogP) is 1.69. The number of nitrogens with one attached hydrogen (secondary N) is 1. The van der Waals surface area contributed by atoms with E-state index in [0.717, 1.165) is 11.3 Å². The van der Waals surface area contributed by atoms with Crippen molar-refractivity contribution in [2.75, 3.05) is 11.4 Å². The summed E-state index contributed by atoms with van der Waals surface area (Å²) in [6, 6.07) is 7.33. The van der Waals surface area contributed by atoms with Gasteiger partial charge in [-0.15, -0.1) is 0 Å². The van der Waals surface area contributed by atoms with Gasteiger partial charge in [-0.1, -0.05) is 24.6 Å². The molecule has 2 rings (SSSR count). The lowest BCUT2D eigenvalue weighted by Gasteiger charge is -2.30. The molecule has 0 bridgehead atoms. The second-order valence-electron chi connectivity index (χ2n) is 4.14. The molecule has 0 aliphatic carbocycles. The Hall–Kier alpha value is -1.84. The fraction of sp³-hybridized carbons (Fsp3) is 0.333. The van der Waals surface area contributed by atoms with Crippen molar-refractivity contribution in [3.8, 4) is 0 Å². The van der Waals surface area contributed by atoms with E-state index in [9.17, 15) is 9.59 Å². The molecule has 0 radical (unpaired) electrons. The summed E-state index contributed by atoms with van der Waals surface area (Å²) in [5, 5.41) is 2.34. The van der Waals surface area contributed by atoms with Crippen LogP contribution in [-0.4, -0.2) is 18.5 Å². The van der Waals surface area contributed by atoms with Crippen molar-refractivity contribution in [3.05, 3.63) is 29.8 Å². The van der Waals surface area contributed by atoms with Gasteiger partial charge in [0, 0.05) is 12.2 Å². The van der Waals surface area contributed by atoms with E-state index in [1.165, 1.54) is 0 Å². The molecule has 0 saturated carbocycles. The molecule has 16 heavy (non-hydrogen) atoms. The van der Waals surface area contributed by atoms with Crippen LogP contribution in [0, 0.1) is 12.8 Å². The molecule has 1 N–H and O–H groups in total. The van der Waals surface area contributed by atoms with Crippen LogP contribution in [0.1, 0.15) is 12.5 Å². The molecule has 0 spiro atoms. The number of urea groups is 1. The number of imide groups is 1. The standard InChI is InChI=1S/C12H14N2O2/c1-8-3-5-10(6-4-8)14-7-9(2)11(15)13-12(14)16/h3-6,9H,7H2,1-2H3,(H,13,15,16). The molecule has 3 amide bonds. The number of carbonyl (C=O) groups excluding carboxylic acids is 2. The van der Waals surface area contributed by atoms with Crippen LogP contribution in [0.15, 0.2) is 24.3 Å². The minimum atomic E-state index is -0.341. The maximum Gasteiger partial charge on any atom is 0.328 e. The van der Waals surface area contributed by atoms with Crippen molar-refractivity contribution in [1.29, 1.82) is 0 Å². The topological polar surface area (TPSA) is 49.4 Å². The van der Waals surface area contributed by atoms with Crippen molar-refractivity contribution >= 4 is 17.6 Å². The molecule has 0 aromatic heterocycles. The summed E-state index contributed by atoms with van der Waals surface area (Å²) in [6.07, 6.45) is 0. The monoisotopic (exact) mass is 218 g/mol. The first-order valence-electron chi connectivity index (χ1n) is 5.27. The van der Waals surface area contributed by atoms with Gasteiger partial charge < -0.3 is 0 Å². The molecule has 1 heterocycles. The summed E-state index contributed by atoms with van der Waals surface area (Å²) in [5.74, 6) is -0.368. The lowest BCUT2D eigenvalue weighted by atomic mass is 10.1. The average molecular weight is 218 g/mol. The van der Waals surface area contributed by atoms with E-state index >= 15 is 0 Å². The van der Waals surface area contributed by atoms with Crippen molar-refractivity contribution in [3.63, 3.8) is 0 Å². The van der Waals surface area contributed by atoms with E-state index in [0.29, 0.717) is 6.54 Å². The maximum atomic E-state index is 11.6. The Morgan fingerprint density at radius 3 is 2.50 bits per heavy atom. The molecule has 1 aliphatic heterocycles. The van der Waals surface area contributed by atoms with Gasteiger partial charge in [-0.05, 0) is 19.1 Å². The maximum absolute atomic E-state index is 11.6. The van der Waals surface area contributed by atoms with Crippen LogP contribution in [0.25, 0.3) is 0 Å². The number of nitrogens with zero attached hydrogens (tertiary/aromatic N) is 1. The number of hydrogen-bond donors (Lipinski definition) is 1. The highest BCUT2D eigenvalue weighted by Gasteiger charge is 2.29. The van der Waals surface area contributed by atoms with Gasteiger partial charge >= 0.3 is 6.03 Å². The Labute approximate surface area is 94.2 Å². The SMILES string of the molecule is Cc1ccc(N2CC(C)C(=O)NC2=O)cc1. The van der Waals surface area contributed by atoms with Gasteiger partial charge in [0.1, 0.15) is 0 Å². The Kier molecular flexibility index (Phi) is 2.64. The van der Waals surface area contributed by atoms with Crippen LogP contribution in [-0.2, 0) is 4.79 Å². The number of benzene rings is 1. The predicted molar refractivity (Wildman–Crippen MR) is 61.2 cm³/mol. The molecule has 1 aromatic carbocycles. The van der Waals surface area contributed by atoms with E-state index in [2.05, 4.69) is 5.32 Å². The van der Waals surface area contributed by atoms with Crippen LogP contribution in [0.4, 0.5) is 10.5 Å². The van der Waals surface area contributed by atoms with Crippen LogP contribution in [0.5, 0.6) is 0 Å². The first kappa shape index (κ1) is 10.7. The highest BCUT2D eigenvalue weighted by atomic mass is 16.2. The Bertz CT molecular complexity index is 425. The summed E-state index contributed by atoms with van der Waals surface area (Å²) in [5.41, 5.74) is 1.97. The molecule has 4 nitrogen and oxygen atoms in total. The van der Waals surface area contributed by atoms with Crippen LogP contribution < -0.4 is 10.2 Å². The van der Waals surface area contributed by atoms with Crippen LogP contribution in [0.2, 0.25) is 0 Å². The Morgan fingerprint density at radius 1 is 1.25 bits per heavy atom. The summed E-state index contributed by atoms with van der Waals surface area (Å²) >= 11 is 0. The van der Waals surface area contributed by atoms with Crippen molar-refractivity contribution in [1.82, 2.24) is 5.32 Å². The molecule has 84 valence electrons. The van der Waals surface area contributed by atoms with Crippen LogP contribution in [0.3, 0.4) is 0 Å². The summed E-state index contributed by atoms with van der Waals surface area (Å²) in [6.45, 7) is 4.24. The summed E-state index contributed by atoms with van der Waals surface area (Å²) in [7, 11) is 0. The van der Waals surface area contributed by atoms with E-state index in [-0.39, 0.29) is 17.9 Å². The lowest BCUT2D eigenvalue weighted by molar-refractivity contribution is -0.123. The molecular weight excluding hydrogens is 204 g/mol. The number of rotatable bonds is 1. The summed E-state index contributed by atoms with van der Waals surface area (Å²) in [4.78, 5) is 24.5. The minimum Gasteiger partial charge on any atom is -0.293 e. The normalized spacial score (nSPS) is 20.9. The Morgan fingerprint density at radius 2 is 1.88 bits per heavy atom. The average Bonchev–Trinajstić information content (AvgIpc) is 2.25. The second kappa shape index (κ2) is 3.96. The van der Waals surface area contributed by atoms with Crippen molar-refractivity contribution in [2.45, 2.75) is 13.8 Å². The summed E-state index contributed by atoms with van der Waals surface area (Å²) < 4.78 is 0. The van der Waals surface area contributed by atoms with E-state index in [4.69, 9.17) is 0 Å². The zero-order chi connectivity index (χ0) is 11.7. The molecule has 4 heteroatoms. The number of anilines is 1. The first-order chi connectivity index (χ1) is 7.58. The fourth-order valence-corrected chi connectivity index (χ4v) is 1.68. The van der Waals surface area contributed by atoms with Gasteiger partial charge in [-0.3, -0.25) is 15.0 Å². The second-order valence-corrected chi connectivity index (χ2v) is 4.14. The van der Waals surface area contributed by atoms with E-state index in [1.54, 1.807) is 4.90 Å². The molecule has 1 unspecified atom stereocenters. The largest absolute Gasteiger partial charge is 0.328 e. The molecule has 1 atom stereocenters. The van der Waals surface area contributed by atoms with Gasteiger partial charge in [-0.2, -0.15) is 0 Å². The third kappa shape index (κ3) is 1.91. The first-order valence-corrected chi connectivity index (χ1v) is 5.27. The quantitative estimate of drug-likeness (QED) is 0.779. The van der Waals surface area contributed by atoms with Gasteiger partial charge in [0.25, 0.3) is 0 Å². The number of amides is 3. The van der Waals surface area contributed by atoms with E-state index < -0.39 is 0 Å². The van der Waals surface area contributed by atoms with Gasteiger partial charge in [-0.25, -0.2) is 4.79 Å². The molecule has 1 fully saturated rings. The highest BCUT2D eigenvalue weighted by molar-refractivity contribution is 6.06. The number of aryl methyl sites for hydroxylation is 1. The molecule has 1 saturated heterocycles. The molecular formula is C12H14N2O2. The van der Waals surface area contributed by atoms with Gasteiger partial charge in [0.2, 0.25) is 5.91 Å². The van der Waals surface area contributed by atoms with E-state index in [1.807, 2.05) is 38.1 Å². The van der Waals surface area contributed by atoms with Crippen molar-refractivity contribution < 1.29 is 9.59 Å². The number of carbonyl (C=O) groups is 2. The zero-order valence-corrected chi connectivity index (χ0v) is 9.36. The third-order valence-electron chi connectivity index (χ3n) is 2.72.